The number of carbonyl (C=O) groups excluding carboxylic acids is 1. The fourth-order valence-corrected chi connectivity index (χ4v) is 2.27. The molecule has 0 fully saturated rings. The van der Waals surface area contributed by atoms with Gasteiger partial charge in [-0.15, -0.1) is 0 Å². The van der Waals surface area contributed by atoms with Gasteiger partial charge in [0.2, 0.25) is 5.82 Å². The maximum absolute atomic E-state index is 13.2. The number of rotatable bonds is 7. The van der Waals surface area contributed by atoms with Crippen LogP contribution in [0.5, 0.6) is 0 Å². The summed E-state index contributed by atoms with van der Waals surface area (Å²) in [6, 6.07) is 7.01. The van der Waals surface area contributed by atoms with Crippen LogP contribution in [0, 0.1) is 0 Å². The van der Waals surface area contributed by atoms with E-state index >= 15 is 0 Å². The molecule has 0 N–H and O–H groups in total. The lowest BCUT2D eigenvalue weighted by Gasteiger charge is -2.03. The Morgan fingerprint density at radius 1 is 1.31 bits per heavy atom. The van der Waals surface area contributed by atoms with Crippen molar-refractivity contribution in [3.63, 3.8) is 0 Å². The first kappa shape index (κ1) is 17.9. The SMILES string of the molecule is COCC(=O)c1cnn(Cc2ccc(-c3noc(C(C)(F)F)n3)cc2)c1. The number of hydrogen-bond donors (Lipinski definition) is 0. The Kier molecular flexibility index (Phi) is 4.90. The number of alkyl halides is 2. The summed E-state index contributed by atoms with van der Waals surface area (Å²) in [7, 11) is 1.46. The van der Waals surface area contributed by atoms with Gasteiger partial charge in [0.1, 0.15) is 6.61 Å². The Balaban J connectivity index is 1.70. The van der Waals surface area contributed by atoms with Crippen molar-refractivity contribution < 1.29 is 22.8 Å². The van der Waals surface area contributed by atoms with Crippen molar-refractivity contribution >= 4 is 5.78 Å². The van der Waals surface area contributed by atoms with E-state index in [0.29, 0.717) is 24.6 Å². The molecule has 7 nitrogen and oxygen atoms in total. The zero-order valence-electron chi connectivity index (χ0n) is 14.1. The van der Waals surface area contributed by atoms with Crippen LogP contribution < -0.4 is 0 Å². The maximum Gasteiger partial charge on any atom is 0.322 e. The van der Waals surface area contributed by atoms with Crippen molar-refractivity contribution in [3.05, 3.63) is 53.7 Å². The van der Waals surface area contributed by atoms with Crippen molar-refractivity contribution in [2.45, 2.75) is 19.4 Å². The highest BCUT2D eigenvalue weighted by Crippen LogP contribution is 2.27. The van der Waals surface area contributed by atoms with Crippen LogP contribution in [0.4, 0.5) is 8.78 Å². The summed E-state index contributed by atoms with van der Waals surface area (Å²) >= 11 is 0. The van der Waals surface area contributed by atoms with E-state index in [4.69, 9.17) is 4.74 Å². The lowest BCUT2D eigenvalue weighted by molar-refractivity contribution is -0.0158. The Labute approximate surface area is 147 Å². The highest BCUT2D eigenvalue weighted by Gasteiger charge is 2.32. The van der Waals surface area contributed by atoms with Gasteiger partial charge in [-0.3, -0.25) is 9.48 Å². The zero-order chi connectivity index (χ0) is 18.7. The van der Waals surface area contributed by atoms with Gasteiger partial charge in [0.15, 0.2) is 5.78 Å². The Hall–Kier alpha value is -2.94. The largest absolute Gasteiger partial charge is 0.377 e. The first-order chi connectivity index (χ1) is 12.4. The summed E-state index contributed by atoms with van der Waals surface area (Å²) < 4.78 is 37.3. The second-order valence-electron chi connectivity index (χ2n) is 5.79. The first-order valence-electron chi connectivity index (χ1n) is 7.72. The van der Waals surface area contributed by atoms with Gasteiger partial charge in [0.25, 0.3) is 5.89 Å². The number of ether oxygens (including phenoxy) is 1. The van der Waals surface area contributed by atoms with Gasteiger partial charge in [-0.05, 0) is 5.56 Å². The third-order valence-corrected chi connectivity index (χ3v) is 3.59. The van der Waals surface area contributed by atoms with E-state index < -0.39 is 11.8 Å². The lowest BCUT2D eigenvalue weighted by Crippen LogP contribution is -2.07. The standard InChI is InChI=1S/C17H16F2N4O3/c1-17(18,19)16-21-15(22-26-16)12-5-3-11(4-6-12)8-23-9-13(7-20-23)14(24)10-25-2/h3-7,9H,8,10H2,1-2H3. The van der Waals surface area contributed by atoms with Gasteiger partial charge >= 0.3 is 5.92 Å². The van der Waals surface area contributed by atoms with Crippen molar-refractivity contribution in [2.75, 3.05) is 13.7 Å². The smallest absolute Gasteiger partial charge is 0.322 e. The average Bonchev–Trinajstić information content (AvgIpc) is 3.25. The van der Waals surface area contributed by atoms with E-state index in [1.807, 2.05) is 0 Å². The summed E-state index contributed by atoms with van der Waals surface area (Å²) in [5, 5.41) is 7.72. The highest BCUT2D eigenvalue weighted by molar-refractivity contribution is 5.96. The van der Waals surface area contributed by atoms with Crippen LogP contribution in [0.25, 0.3) is 11.4 Å². The summed E-state index contributed by atoms with van der Waals surface area (Å²) in [4.78, 5) is 15.4. The maximum atomic E-state index is 13.2. The summed E-state index contributed by atoms with van der Waals surface area (Å²) in [5.74, 6) is -3.95. The molecule has 2 aromatic heterocycles. The van der Waals surface area contributed by atoms with Gasteiger partial charge in [0, 0.05) is 25.8 Å². The van der Waals surface area contributed by atoms with Crippen molar-refractivity contribution in [1.82, 2.24) is 19.9 Å². The molecule has 0 radical (unpaired) electrons. The zero-order valence-corrected chi connectivity index (χ0v) is 14.1. The van der Waals surface area contributed by atoms with Gasteiger partial charge in [-0.25, -0.2) is 0 Å². The third kappa shape index (κ3) is 3.99. The highest BCUT2D eigenvalue weighted by atomic mass is 19.3. The van der Waals surface area contributed by atoms with Gasteiger partial charge in [-0.1, -0.05) is 29.4 Å². The van der Waals surface area contributed by atoms with Crippen LogP contribution in [0.1, 0.15) is 28.7 Å². The molecule has 9 heteroatoms. The molecule has 3 rings (SSSR count). The third-order valence-electron chi connectivity index (χ3n) is 3.59. The molecule has 0 aliphatic heterocycles. The number of ketones is 1. The molecule has 0 aliphatic carbocycles. The molecule has 0 saturated heterocycles. The molecule has 0 spiro atoms. The minimum absolute atomic E-state index is 0.00385. The first-order valence-corrected chi connectivity index (χ1v) is 7.72. The Morgan fingerprint density at radius 2 is 2.04 bits per heavy atom. The number of hydrogen-bond acceptors (Lipinski definition) is 6. The van der Waals surface area contributed by atoms with Gasteiger partial charge in [-0.2, -0.15) is 18.9 Å². The Morgan fingerprint density at radius 3 is 2.65 bits per heavy atom. The topological polar surface area (TPSA) is 83.0 Å². The monoisotopic (exact) mass is 362 g/mol. The molecule has 0 atom stereocenters. The van der Waals surface area contributed by atoms with Crippen LogP contribution >= 0.6 is 0 Å². The molecular weight excluding hydrogens is 346 g/mol. The van der Waals surface area contributed by atoms with Gasteiger partial charge in [0.05, 0.1) is 18.3 Å². The second kappa shape index (κ2) is 7.12. The number of Topliss-reactive ketones (excluding diaryl/α,β-unsaturated/α-hetero) is 1. The number of benzene rings is 1. The fourth-order valence-electron chi connectivity index (χ4n) is 2.27. The quantitative estimate of drug-likeness (QED) is 0.601. The van der Waals surface area contributed by atoms with Crippen LogP contribution in [0.3, 0.4) is 0 Å². The molecule has 1 aromatic carbocycles. The average molecular weight is 362 g/mol. The number of carbonyl (C=O) groups is 1. The van der Waals surface area contributed by atoms with Crippen molar-refractivity contribution in [3.8, 4) is 11.4 Å². The summed E-state index contributed by atoms with van der Waals surface area (Å²) in [6.07, 6.45) is 3.13. The molecule has 3 aromatic rings. The van der Waals surface area contributed by atoms with E-state index in [0.717, 1.165) is 5.56 Å². The fraction of sp³-hybridized carbons (Fsp3) is 0.294. The second-order valence-corrected chi connectivity index (χ2v) is 5.79. The van der Waals surface area contributed by atoms with Crippen LogP contribution in [-0.2, 0) is 17.2 Å². The van der Waals surface area contributed by atoms with E-state index in [9.17, 15) is 13.6 Å². The van der Waals surface area contributed by atoms with Crippen LogP contribution in [0.2, 0.25) is 0 Å². The summed E-state index contributed by atoms with van der Waals surface area (Å²) in [5.41, 5.74) is 1.94. The van der Waals surface area contributed by atoms with Crippen LogP contribution in [0.15, 0.2) is 41.2 Å². The number of nitrogens with zero attached hydrogens (tertiary/aromatic N) is 4. The molecule has 0 unspecified atom stereocenters. The predicted octanol–water partition coefficient (Wildman–Crippen LogP) is 2.92. The molecule has 0 amide bonds. The molecule has 0 aliphatic rings. The van der Waals surface area contributed by atoms with Gasteiger partial charge < -0.3 is 9.26 Å². The number of halogens is 2. The molecule has 136 valence electrons. The molecule has 0 bridgehead atoms. The minimum Gasteiger partial charge on any atom is -0.377 e. The summed E-state index contributed by atoms with van der Waals surface area (Å²) in [6.45, 7) is 1.15. The van der Waals surface area contributed by atoms with E-state index in [2.05, 4.69) is 19.8 Å². The normalized spacial score (nSPS) is 11.7. The van der Waals surface area contributed by atoms with Crippen molar-refractivity contribution in [1.29, 1.82) is 0 Å². The predicted molar refractivity (Wildman–Crippen MR) is 86.8 cm³/mol. The van der Waals surface area contributed by atoms with E-state index in [-0.39, 0.29) is 18.2 Å². The number of methoxy groups -OCH3 is 1. The Bertz CT molecular complexity index is 897. The minimum atomic E-state index is -3.18. The molecular formula is C17H16F2N4O3. The molecule has 0 saturated carbocycles. The van der Waals surface area contributed by atoms with E-state index in [1.54, 1.807) is 35.1 Å². The van der Waals surface area contributed by atoms with Crippen LogP contribution in [-0.4, -0.2) is 39.4 Å². The lowest BCUT2D eigenvalue weighted by atomic mass is 10.1. The number of aromatic nitrogens is 4. The van der Waals surface area contributed by atoms with E-state index in [1.165, 1.54) is 13.3 Å². The molecule has 2 heterocycles. The van der Waals surface area contributed by atoms with Crippen molar-refractivity contribution in [2.24, 2.45) is 0 Å². The molecule has 26 heavy (non-hydrogen) atoms.